The predicted molar refractivity (Wildman–Crippen MR) is 110 cm³/mol. The molecule has 0 unspecified atom stereocenters. The van der Waals surface area contributed by atoms with E-state index < -0.39 is 10.0 Å². The summed E-state index contributed by atoms with van der Waals surface area (Å²) in [5, 5.41) is 7.00. The molecule has 3 aromatic rings. The van der Waals surface area contributed by atoms with E-state index in [9.17, 15) is 13.2 Å². The van der Waals surface area contributed by atoms with Gasteiger partial charge in [0.2, 0.25) is 15.9 Å². The van der Waals surface area contributed by atoms with Gasteiger partial charge in [-0.2, -0.15) is 5.10 Å². The Bertz CT molecular complexity index is 1110. The topological polar surface area (TPSA) is 93.5 Å². The summed E-state index contributed by atoms with van der Waals surface area (Å²) in [5.41, 5.74) is 1.90. The largest absolute Gasteiger partial charge is 0.495 e. The van der Waals surface area contributed by atoms with Crippen molar-refractivity contribution in [3.8, 4) is 11.4 Å². The Morgan fingerprint density at radius 2 is 1.90 bits per heavy atom. The van der Waals surface area contributed by atoms with Gasteiger partial charge < -0.3 is 10.1 Å². The molecular formula is C20H22N4O4S. The standard InChI is InChI=1S/C20H22N4O4S/c1-23(2)29(26,27)17-9-10-19(28-3)18(12-17)22-20(25)11-15-13-21-24(14-15)16-7-5-4-6-8-16/h4-10,12-14H,11H2,1-3H3,(H,22,25). The minimum absolute atomic E-state index is 0.0653. The lowest BCUT2D eigenvalue weighted by atomic mass is 10.2. The van der Waals surface area contributed by atoms with Crippen molar-refractivity contribution in [3.63, 3.8) is 0 Å². The molecule has 0 saturated heterocycles. The maximum absolute atomic E-state index is 12.5. The smallest absolute Gasteiger partial charge is 0.242 e. The molecule has 29 heavy (non-hydrogen) atoms. The van der Waals surface area contributed by atoms with Gasteiger partial charge in [0.15, 0.2) is 0 Å². The number of nitrogens with one attached hydrogen (secondary N) is 1. The number of hydrogen-bond acceptors (Lipinski definition) is 5. The van der Waals surface area contributed by atoms with Crippen molar-refractivity contribution in [1.29, 1.82) is 0 Å². The average Bonchev–Trinajstić information content (AvgIpc) is 3.16. The molecule has 0 aliphatic heterocycles. The molecule has 1 heterocycles. The highest BCUT2D eigenvalue weighted by Crippen LogP contribution is 2.28. The van der Waals surface area contributed by atoms with E-state index in [-0.39, 0.29) is 22.9 Å². The van der Waals surface area contributed by atoms with Crippen LogP contribution < -0.4 is 10.1 Å². The molecule has 0 fully saturated rings. The number of anilines is 1. The van der Waals surface area contributed by atoms with Gasteiger partial charge in [0.05, 0.1) is 36.0 Å². The van der Waals surface area contributed by atoms with E-state index >= 15 is 0 Å². The van der Waals surface area contributed by atoms with E-state index in [2.05, 4.69) is 10.4 Å². The highest BCUT2D eigenvalue weighted by atomic mass is 32.2. The summed E-state index contributed by atoms with van der Waals surface area (Å²) in [4.78, 5) is 12.6. The molecule has 0 atom stereocenters. The first-order valence-corrected chi connectivity index (χ1v) is 10.2. The second kappa shape index (κ2) is 8.46. The van der Waals surface area contributed by atoms with E-state index in [0.29, 0.717) is 5.75 Å². The molecule has 0 radical (unpaired) electrons. The maximum Gasteiger partial charge on any atom is 0.242 e. The van der Waals surface area contributed by atoms with Gasteiger partial charge >= 0.3 is 0 Å². The van der Waals surface area contributed by atoms with Gasteiger partial charge in [-0.1, -0.05) is 18.2 Å². The zero-order valence-electron chi connectivity index (χ0n) is 16.4. The Hall–Kier alpha value is -3.17. The van der Waals surface area contributed by atoms with Gasteiger partial charge in [-0.05, 0) is 35.9 Å². The number of hydrogen-bond donors (Lipinski definition) is 1. The molecule has 0 saturated carbocycles. The molecule has 0 aliphatic rings. The number of benzene rings is 2. The van der Waals surface area contributed by atoms with E-state index in [1.54, 1.807) is 17.1 Å². The van der Waals surface area contributed by atoms with Crippen molar-refractivity contribution in [2.24, 2.45) is 0 Å². The Kier molecular flexibility index (Phi) is 6.00. The van der Waals surface area contributed by atoms with Crippen LogP contribution in [0.2, 0.25) is 0 Å². The summed E-state index contributed by atoms with van der Waals surface area (Å²) in [6.07, 6.45) is 3.48. The van der Waals surface area contributed by atoms with Gasteiger partial charge in [0, 0.05) is 20.3 Å². The van der Waals surface area contributed by atoms with E-state index in [0.717, 1.165) is 15.6 Å². The van der Waals surface area contributed by atoms with E-state index in [1.165, 1.54) is 39.4 Å². The minimum Gasteiger partial charge on any atom is -0.495 e. The van der Waals surface area contributed by atoms with Crippen LogP contribution in [0.1, 0.15) is 5.56 Å². The Labute approximate surface area is 169 Å². The normalized spacial score (nSPS) is 11.4. The van der Waals surface area contributed by atoms with Crippen LogP contribution in [0.4, 0.5) is 5.69 Å². The highest BCUT2D eigenvalue weighted by Gasteiger charge is 2.20. The van der Waals surface area contributed by atoms with Gasteiger partial charge in [-0.3, -0.25) is 4.79 Å². The second-order valence-electron chi connectivity index (χ2n) is 6.50. The fourth-order valence-corrected chi connectivity index (χ4v) is 3.64. The molecule has 8 nitrogen and oxygen atoms in total. The summed E-state index contributed by atoms with van der Waals surface area (Å²) in [6, 6.07) is 13.9. The summed E-state index contributed by atoms with van der Waals surface area (Å²) in [7, 11) is 0.713. The van der Waals surface area contributed by atoms with Crippen molar-refractivity contribution in [2.45, 2.75) is 11.3 Å². The van der Waals surface area contributed by atoms with Crippen LogP contribution >= 0.6 is 0 Å². The first-order chi connectivity index (χ1) is 13.8. The number of methoxy groups -OCH3 is 1. The van der Waals surface area contributed by atoms with E-state index in [4.69, 9.17) is 4.74 Å². The zero-order chi connectivity index (χ0) is 21.0. The third-order valence-electron chi connectivity index (χ3n) is 4.25. The van der Waals surface area contributed by atoms with Crippen LogP contribution in [0.15, 0.2) is 65.8 Å². The van der Waals surface area contributed by atoms with Crippen LogP contribution in [-0.2, 0) is 21.2 Å². The number of amides is 1. The summed E-state index contributed by atoms with van der Waals surface area (Å²) >= 11 is 0. The molecule has 1 amide bonds. The van der Waals surface area contributed by atoms with Gasteiger partial charge in [0.1, 0.15) is 5.75 Å². The Morgan fingerprint density at radius 3 is 2.55 bits per heavy atom. The van der Waals surface area contributed by atoms with Crippen LogP contribution in [-0.4, -0.2) is 49.6 Å². The number of rotatable bonds is 7. The first kappa shape index (κ1) is 20.6. The lowest BCUT2D eigenvalue weighted by Gasteiger charge is -2.15. The molecule has 1 N–H and O–H groups in total. The SMILES string of the molecule is COc1ccc(S(=O)(=O)N(C)C)cc1NC(=O)Cc1cnn(-c2ccccc2)c1. The van der Waals surface area contributed by atoms with Crippen molar-refractivity contribution in [3.05, 3.63) is 66.5 Å². The van der Waals surface area contributed by atoms with Crippen LogP contribution in [0.25, 0.3) is 5.69 Å². The number of carbonyl (C=O) groups is 1. The van der Waals surface area contributed by atoms with Crippen molar-refractivity contribution in [2.75, 3.05) is 26.5 Å². The quantitative estimate of drug-likeness (QED) is 0.640. The summed E-state index contributed by atoms with van der Waals surface area (Å²) in [5.74, 6) is 0.0614. The van der Waals surface area contributed by atoms with Crippen LogP contribution in [0.3, 0.4) is 0 Å². The number of nitrogens with zero attached hydrogens (tertiary/aromatic N) is 3. The molecule has 1 aromatic heterocycles. The fourth-order valence-electron chi connectivity index (χ4n) is 2.71. The van der Waals surface area contributed by atoms with Crippen LogP contribution in [0, 0.1) is 0 Å². The van der Waals surface area contributed by atoms with Crippen LogP contribution in [0.5, 0.6) is 5.75 Å². The third kappa shape index (κ3) is 4.64. The van der Waals surface area contributed by atoms with Gasteiger partial charge in [0.25, 0.3) is 0 Å². The number of carbonyl (C=O) groups excluding carboxylic acids is 1. The summed E-state index contributed by atoms with van der Waals surface area (Å²) < 4.78 is 32.8. The minimum atomic E-state index is -3.63. The van der Waals surface area contributed by atoms with E-state index in [1.807, 2.05) is 30.3 Å². The number of sulfonamides is 1. The number of aromatic nitrogens is 2. The highest BCUT2D eigenvalue weighted by molar-refractivity contribution is 7.89. The molecular weight excluding hydrogens is 392 g/mol. The van der Waals surface area contributed by atoms with Crippen molar-refractivity contribution in [1.82, 2.24) is 14.1 Å². The maximum atomic E-state index is 12.5. The molecule has 0 aliphatic carbocycles. The molecule has 2 aromatic carbocycles. The fraction of sp³-hybridized carbons (Fsp3) is 0.200. The number of ether oxygens (including phenoxy) is 1. The first-order valence-electron chi connectivity index (χ1n) is 8.80. The number of para-hydroxylation sites is 1. The van der Waals surface area contributed by atoms with Gasteiger partial charge in [-0.15, -0.1) is 0 Å². The molecule has 3 rings (SSSR count). The summed E-state index contributed by atoms with van der Waals surface area (Å²) in [6.45, 7) is 0. The molecule has 9 heteroatoms. The predicted octanol–water partition coefficient (Wildman–Crippen LogP) is 2.31. The average molecular weight is 414 g/mol. The molecule has 0 spiro atoms. The Morgan fingerprint density at radius 1 is 1.17 bits per heavy atom. The monoisotopic (exact) mass is 414 g/mol. The Balaban J connectivity index is 1.78. The third-order valence-corrected chi connectivity index (χ3v) is 6.06. The second-order valence-corrected chi connectivity index (χ2v) is 8.66. The van der Waals surface area contributed by atoms with Crippen molar-refractivity contribution >= 4 is 21.6 Å². The lowest BCUT2D eigenvalue weighted by molar-refractivity contribution is -0.115. The van der Waals surface area contributed by atoms with Crippen molar-refractivity contribution < 1.29 is 17.9 Å². The van der Waals surface area contributed by atoms with Gasteiger partial charge in [-0.25, -0.2) is 17.4 Å². The lowest BCUT2D eigenvalue weighted by Crippen LogP contribution is -2.22. The molecule has 152 valence electrons. The molecule has 0 bridgehead atoms. The zero-order valence-corrected chi connectivity index (χ0v) is 17.2.